The summed E-state index contributed by atoms with van der Waals surface area (Å²) in [4.78, 5) is 0. The highest BCUT2D eigenvalue weighted by molar-refractivity contribution is 5.07. The molecule has 1 rings (SSSR count). The molecule has 15 heavy (non-hydrogen) atoms. The van der Waals surface area contributed by atoms with Gasteiger partial charge in [-0.05, 0) is 32.4 Å². The van der Waals surface area contributed by atoms with Crippen molar-refractivity contribution in [3.8, 4) is 0 Å². The Morgan fingerprint density at radius 1 is 1.47 bits per heavy atom. The van der Waals surface area contributed by atoms with E-state index in [1.165, 1.54) is 5.69 Å². The minimum absolute atomic E-state index is 0.164. The molecule has 1 unspecified atom stereocenters. The molecule has 0 bridgehead atoms. The van der Waals surface area contributed by atoms with Crippen molar-refractivity contribution in [1.29, 1.82) is 0 Å². The van der Waals surface area contributed by atoms with Gasteiger partial charge < -0.3 is 15.0 Å². The molecule has 3 heteroatoms. The summed E-state index contributed by atoms with van der Waals surface area (Å²) >= 11 is 0. The van der Waals surface area contributed by atoms with Gasteiger partial charge in [-0.1, -0.05) is 6.92 Å². The Bertz CT molecular complexity index is 290. The van der Waals surface area contributed by atoms with Gasteiger partial charge in [-0.3, -0.25) is 0 Å². The molecule has 1 aromatic rings. The lowest BCUT2D eigenvalue weighted by Gasteiger charge is -2.27. The molecule has 1 aromatic heterocycles. The normalized spacial score (nSPS) is 15.2. The third-order valence-corrected chi connectivity index (χ3v) is 3.09. The van der Waals surface area contributed by atoms with Crippen LogP contribution in [-0.4, -0.2) is 21.8 Å². The fourth-order valence-electron chi connectivity index (χ4n) is 1.52. The van der Waals surface area contributed by atoms with Crippen LogP contribution in [0.3, 0.4) is 0 Å². The fraction of sp³-hybridized carbons (Fsp3) is 0.667. The third kappa shape index (κ3) is 3.08. The molecule has 0 saturated heterocycles. The van der Waals surface area contributed by atoms with Gasteiger partial charge in [-0.25, -0.2) is 0 Å². The Morgan fingerprint density at radius 3 is 2.73 bits per heavy atom. The zero-order chi connectivity index (χ0) is 11.3. The molecule has 0 fully saturated rings. The van der Waals surface area contributed by atoms with E-state index in [1.54, 1.807) is 0 Å². The molecule has 0 radical (unpaired) electrons. The number of aliphatic hydroxyl groups is 1. The van der Waals surface area contributed by atoms with Crippen LogP contribution in [0.1, 0.15) is 32.9 Å². The number of rotatable bonds is 6. The Hall–Kier alpha value is -0.800. The fourth-order valence-corrected chi connectivity index (χ4v) is 1.52. The average Bonchev–Trinajstić information content (AvgIpc) is 2.73. The minimum atomic E-state index is -0.164. The predicted molar refractivity (Wildman–Crippen MR) is 62.7 cm³/mol. The molecule has 0 spiro atoms. The van der Waals surface area contributed by atoms with Crippen molar-refractivity contribution in [1.82, 2.24) is 9.88 Å². The number of nitrogens with zero attached hydrogens (tertiary/aromatic N) is 1. The molecule has 0 amide bonds. The van der Waals surface area contributed by atoms with E-state index in [-0.39, 0.29) is 12.1 Å². The molecule has 86 valence electrons. The van der Waals surface area contributed by atoms with Crippen molar-refractivity contribution in [3.63, 3.8) is 0 Å². The molecule has 0 aromatic carbocycles. The molecule has 0 saturated carbocycles. The number of aryl methyl sites for hydroxylation is 1. The highest BCUT2D eigenvalue weighted by Crippen LogP contribution is 2.10. The van der Waals surface area contributed by atoms with Crippen LogP contribution in [0.25, 0.3) is 0 Å². The van der Waals surface area contributed by atoms with Crippen LogP contribution >= 0.6 is 0 Å². The Balaban J connectivity index is 2.56. The topological polar surface area (TPSA) is 37.2 Å². The summed E-state index contributed by atoms with van der Waals surface area (Å²) in [5.41, 5.74) is 1.11. The van der Waals surface area contributed by atoms with Gasteiger partial charge in [0.1, 0.15) is 0 Å². The summed E-state index contributed by atoms with van der Waals surface area (Å²) in [5.74, 6) is 0. The van der Waals surface area contributed by atoms with Gasteiger partial charge in [-0.15, -0.1) is 0 Å². The zero-order valence-electron chi connectivity index (χ0n) is 9.95. The minimum Gasteiger partial charge on any atom is -0.394 e. The molecule has 1 atom stereocenters. The van der Waals surface area contributed by atoms with E-state index in [1.807, 2.05) is 6.92 Å². The molecular weight excluding hydrogens is 188 g/mol. The summed E-state index contributed by atoms with van der Waals surface area (Å²) in [7, 11) is 0. The van der Waals surface area contributed by atoms with E-state index < -0.39 is 0 Å². The Labute approximate surface area is 92.1 Å². The van der Waals surface area contributed by atoms with Crippen LogP contribution in [-0.2, 0) is 13.1 Å². The first-order valence-corrected chi connectivity index (χ1v) is 5.65. The smallest absolute Gasteiger partial charge is 0.0610 e. The molecule has 2 N–H and O–H groups in total. The number of nitrogens with one attached hydrogen (secondary N) is 1. The van der Waals surface area contributed by atoms with Crippen molar-refractivity contribution < 1.29 is 5.11 Å². The molecule has 0 aliphatic carbocycles. The van der Waals surface area contributed by atoms with Crippen LogP contribution in [0.4, 0.5) is 0 Å². The van der Waals surface area contributed by atoms with Gasteiger partial charge in [0.15, 0.2) is 0 Å². The number of hydrogen-bond acceptors (Lipinski definition) is 2. The third-order valence-electron chi connectivity index (χ3n) is 3.09. The van der Waals surface area contributed by atoms with Gasteiger partial charge in [0.2, 0.25) is 0 Å². The number of aliphatic hydroxyl groups excluding tert-OH is 1. The average molecular weight is 210 g/mol. The highest BCUT2D eigenvalue weighted by atomic mass is 16.3. The van der Waals surface area contributed by atoms with Gasteiger partial charge in [-0.2, -0.15) is 0 Å². The van der Waals surface area contributed by atoms with E-state index >= 15 is 0 Å². The zero-order valence-corrected chi connectivity index (χ0v) is 9.95. The maximum absolute atomic E-state index is 9.27. The van der Waals surface area contributed by atoms with Gasteiger partial charge in [0.05, 0.1) is 6.61 Å². The molecule has 0 aliphatic heterocycles. The van der Waals surface area contributed by atoms with Crippen LogP contribution in [0.5, 0.6) is 0 Å². The summed E-state index contributed by atoms with van der Waals surface area (Å²) < 4.78 is 2.21. The van der Waals surface area contributed by atoms with E-state index in [9.17, 15) is 5.11 Å². The molecular formula is C12H22N2O. The summed E-state index contributed by atoms with van der Waals surface area (Å²) in [6.07, 6.45) is 3.01. The van der Waals surface area contributed by atoms with Crippen molar-refractivity contribution in [2.45, 2.75) is 45.8 Å². The second-order valence-corrected chi connectivity index (χ2v) is 4.21. The first kappa shape index (κ1) is 12.3. The van der Waals surface area contributed by atoms with Crippen LogP contribution in [0.2, 0.25) is 0 Å². The van der Waals surface area contributed by atoms with Crippen LogP contribution in [0, 0.1) is 0 Å². The largest absolute Gasteiger partial charge is 0.394 e. The molecule has 1 heterocycles. The van der Waals surface area contributed by atoms with Crippen molar-refractivity contribution in [2.24, 2.45) is 0 Å². The van der Waals surface area contributed by atoms with Gasteiger partial charge in [0, 0.05) is 30.5 Å². The Kier molecular flexibility index (Phi) is 4.36. The number of hydrogen-bond donors (Lipinski definition) is 2. The lowest BCUT2D eigenvalue weighted by atomic mass is 10.0. The van der Waals surface area contributed by atoms with Gasteiger partial charge >= 0.3 is 0 Å². The van der Waals surface area contributed by atoms with E-state index in [4.69, 9.17) is 0 Å². The van der Waals surface area contributed by atoms with E-state index in [2.05, 4.69) is 42.1 Å². The second kappa shape index (κ2) is 5.33. The lowest BCUT2D eigenvalue weighted by molar-refractivity contribution is 0.168. The highest BCUT2D eigenvalue weighted by Gasteiger charge is 2.19. The standard InChI is InChI=1S/C12H22N2O/c1-4-12(3,10-15)13-9-11-7-6-8-14(11)5-2/h6-8,13,15H,4-5,9-10H2,1-3H3. The van der Waals surface area contributed by atoms with Gasteiger partial charge in [0.25, 0.3) is 0 Å². The molecule has 0 aliphatic rings. The monoisotopic (exact) mass is 210 g/mol. The summed E-state index contributed by atoms with van der Waals surface area (Å²) in [5, 5.41) is 12.7. The van der Waals surface area contributed by atoms with E-state index in [0.717, 1.165) is 19.5 Å². The SMILES string of the molecule is CCn1cccc1CNC(C)(CC)CO. The maximum atomic E-state index is 9.27. The quantitative estimate of drug-likeness (QED) is 0.750. The maximum Gasteiger partial charge on any atom is 0.0610 e. The molecule has 3 nitrogen and oxygen atoms in total. The first-order chi connectivity index (χ1) is 7.15. The van der Waals surface area contributed by atoms with Crippen LogP contribution in [0.15, 0.2) is 18.3 Å². The lowest BCUT2D eigenvalue weighted by Crippen LogP contribution is -2.44. The Morgan fingerprint density at radius 2 is 2.20 bits per heavy atom. The summed E-state index contributed by atoms with van der Waals surface area (Å²) in [6, 6.07) is 4.17. The van der Waals surface area contributed by atoms with Crippen molar-refractivity contribution in [2.75, 3.05) is 6.61 Å². The predicted octanol–water partition coefficient (Wildman–Crippen LogP) is 1.76. The summed E-state index contributed by atoms with van der Waals surface area (Å²) in [6.45, 7) is 8.25. The number of aromatic nitrogens is 1. The van der Waals surface area contributed by atoms with Crippen molar-refractivity contribution in [3.05, 3.63) is 24.0 Å². The van der Waals surface area contributed by atoms with E-state index in [0.29, 0.717) is 0 Å². The first-order valence-electron chi connectivity index (χ1n) is 5.65. The van der Waals surface area contributed by atoms with Crippen molar-refractivity contribution >= 4 is 0 Å². The second-order valence-electron chi connectivity index (χ2n) is 4.21. The van der Waals surface area contributed by atoms with Crippen LogP contribution < -0.4 is 5.32 Å².